The normalized spacial score (nSPS) is 23.6. The van der Waals surface area contributed by atoms with Crippen LogP contribution in [0.5, 0.6) is 0 Å². The number of piperidine rings is 1. The van der Waals surface area contributed by atoms with Crippen molar-refractivity contribution in [1.29, 1.82) is 0 Å². The van der Waals surface area contributed by atoms with Crippen LogP contribution in [0.3, 0.4) is 0 Å². The number of ether oxygens (including phenoxy) is 1. The first-order valence-electron chi connectivity index (χ1n) is 12.5. The van der Waals surface area contributed by atoms with Gasteiger partial charge in [0.25, 0.3) is 5.82 Å². The first-order chi connectivity index (χ1) is 16.7. The number of imidazole rings is 1. The van der Waals surface area contributed by atoms with E-state index in [1.165, 1.54) is 6.34 Å². The van der Waals surface area contributed by atoms with Crippen molar-refractivity contribution >= 4 is 28.5 Å². The second-order valence-corrected chi connectivity index (χ2v) is 12.0. The predicted molar refractivity (Wildman–Crippen MR) is 140 cm³/mol. The van der Waals surface area contributed by atoms with Crippen LogP contribution in [0.1, 0.15) is 58.5 Å². The summed E-state index contributed by atoms with van der Waals surface area (Å²) in [5.74, 6) is 1.50. The monoisotopic (exact) mass is 503 g/mol. The second-order valence-electron chi connectivity index (χ2n) is 10.3. The molecule has 1 aromatic heterocycles. The molecule has 1 fully saturated rings. The summed E-state index contributed by atoms with van der Waals surface area (Å²) in [5.41, 5.74) is 7.15. The summed E-state index contributed by atoms with van der Waals surface area (Å²) in [4.78, 5) is 15.5. The molecular formula is C25H39N6O3S+. The van der Waals surface area contributed by atoms with Crippen LogP contribution in [-0.4, -0.2) is 80.6 Å². The average Bonchev–Trinajstić information content (AvgIpc) is 3.19. The van der Waals surface area contributed by atoms with Gasteiger partial charge in [-0.2, -0.15) is 0 Å². The van der Waals surface area contributed by atoms with Gasteiger partial charge >= 0.3 is 0 Å². The first kappa shape index (κ1) is 25.9. The number of nitrogens with two attached hydrogens (primary N) is 1. The van der Waals surface area contributed by atoms with Gasteiger partial charge in [-0.25, -0.2) is 14.5 Å². The Morgan fingerprint density at radius 2 is 2.17 bits per heavy atom. The Bertz CT molecular complexity index is 1060. The molecule has 0 radical (unpaired) electrons. The van der Waals surface area contributed by atoms with Gasteiger partial charge in [-0.1, -0.05) is 6.08 Å². The zero-order valence-corrected chi connectivity index (χ0v) is 22.1. The van der Waals surface area contributed by atoms with Crippen molar-refractivity contribution in [2.75, 3.05) is 26.3 Å². The van der Waals surface area contributed by atoms with Crippen LogP contribution in [0, 0.1) is 0 Å². The highest BCUT2D eigenvalue weighted by molar-refractivity contribution is 7.89. The van der Waals surface area contributed by atoms with E-state index < -0.39 is 10.8 Å². The number of aromatic nitrogens is 2. The molecule has 2 aliphatic heterocycles. The van der Waals surface area contributed by atoms with E-state index >= 15 is 0 Å². The minimum atomic E-state index is -1.09. The lowest BCUT2D eigenvalue weighted by Crippen LogP contribution is -2.51. The molecule has 2 atom stereocenters. The number of nitrogens with zero attached hydrogens (tertiary/aromatic N) is 4. The minimum Gasteiger partial charge on any atom is -0.394 e. The number of aliphatic hydroxyl groups is 1. The van der Waals surface area contributed by atoms with E-state index in [0.29, 0.717) is 25.4 Å². The number of aliphatic hydroxyl groups excluding tert-OH is 1. The Balaban J connectivity index is 1.57. The van der Waals surface area contributed by atoms with Gasteiger partial charge in [0.2, 0.25) is 11.5 Å². The smallest absolute Gasteiger partial charge is 0.285 e. The van der Waals surface area contributed by atoms with Crippen molar-refractivity contribution in [1.82, 2.24) is 9.88 Å². The fourth-order valence-corrected chi connectivity index (χ4v) is 6.43. The zero-order valence-electron chi connectivity index (χ0n) is 21.2. The fourth-order valence-electron chi connectivity index (χ4n) is 4.90. The van der Waals surface area contributed by atoms with E-state index in [1.807, 2.05) is 20.0 Å². The Hall–Kier alpha value is -2.14. The van der Waals surface area contributed by atoms with Crippen LogP contribution in [0.2, 0.25) is 0 Å². The Morgan fingerprint density at radius 1 is 1.43 bits per heavy atom. The average molecular weight is 504 g/mol. The van der Waals surface area contributed by atoms with Gasteiger partial charge in [0.15, 0.2) is 0 Å². The first-order valence-corrected chi connectivity index (χ1v) is 13.7. The van der Waals surface area contributed by atoms with Gasteiger partial charge in [0.1, 0.15) is 12.7 Å². The van der Waals surface area contributed by atoms with Gasteiger partial charge in [-0.15, -0.1) is 0 Å². The molecule has 1 saturated heterocycles. The SMILES string of the molecule is CC(C)N=C(N=CN)c1c[n+]2c([nH]1)C1=CC(S(=O)C3CCN(C(C)(C)CO)CC3)=CCC1OCC2. The van der Waals surface area contributed by atoms with Crippen LogP contribution in [0.4, 0.5) is 0 Å². The zero-order chi connectivity index (χ0) is 25.2. The molecule has 0 bridgehead atoms. The van der Waals surface area contributed by atoms with E-state index in [9.17, 15) is 9.32 Å². The van der Waals surface area contributed by atoms with Crippen LogP contribution in [0.15, 0.2) is 33.2 Å². The van der Waals surface area contributed by atoms with Gasteiger partial charge in [-0.05, 0) is 66.1 Å². The quantitative estimate of drug-likeness (QED) is 0.309. The lowest BCUT2D eigenvalue weighted by Gasteiger charge is -2.41. The molecule has 9 nitrogen and oxygen atoms in total. The summed E-state index contributed by atoms with van der Waals surface area (Å²) in [6, 6.07) is 0.0816. The molecule has 0 saturated carbocycles. The molecule has 192 valence electrons. The summed E-state index contributed by atoms with van der Waals surface area (Å²) >= 11 is 0. The molecule has 10 heteroatoms. The topological polar surface area (TPSA) is 120 Å². The number of hydrogen-bond acceptors (Lipinski definition) is 5. The number of aliphatic imine (C=N–C) groups is 2. The van der Waals surface area contributed by atoms with E-state index in [0.717, 1.165) is 47.9 Å². The van der Waals surface area contributed by atoms with Gasteiger partial charge in [0.05, 0.1) is 42.0 Å². The van der Waals surface area contributed by atoms with Crippen molar-refractivity contribution in [2.24, 2.45) is 15.7 Å². The molecule has 3 aliphatic rings. The molecule has 4 rings (SSSR count). The number of likely N-dealkylation sites (tertiary alicyclic amines) is 1. The number of hydrogen-bond donors (Lipinski definition) is 3. The van der Waals surface area contributed by atoms with Crippen LogP contribution >= 0.6 is 0 Å². The van der Waals surface area contributed by atoms with Gasteiger partial charge in [0, 0.05) is 21.7 Å². The molecule has 35 heavy (non-hydrogen) atoms. The standard InChI is InChI=1S/C25H38N6O3S/c1-17(2)28-23(27-16-26)21-14-30-11-12-34-22-6-5-19(13-20(22)24(30)29-21)35(33)18-7-9-31(10-8-18)25(3,4)15-32/h5,13-14,16-18,22,32H,6-12,15H2,1-4H3,(H2,26,27,28)/p+1. The largest absolute Gasteiger partial charge is 0.394 e. The van der Waals surface area contributed by atoms with Crippen LogP contribution in [-0.2, 0) is 22.1 Å². The third-order valence-corrected chi connectivity index (χ3v) is 8.79. The fraction of sp³-hybridized carbons (Fsp3) is 0.640. The Kier molecular flexibility index (Phi) is 8.05. The van der Waals surface area contributed by atoms with E-state index in [2.05, 4.69) is 50.4 Å². The lowest BCUT2D eigenvalue weighted by molar-refractivity contribution is -0.697. The maximum atomic E-state index is 13.6. The van der Waals surface area contributed by atoms with Gasteiger partial charge < -0.3 is 15.6 Å². The number of amidine groups is 1. The molecule has 1 aromatic rings. The van der Waals surface area contributed by atoms with Crippen molar-refractivity contribution in [3.05, 3.63) is 34.8 Å². The molecule has 1 aliphatic carbocycles. The summed E-state index contributed by atoms with van der Waals surface area (Å²) < 4.78 is 21.9. The third kappa shape index (κ3) is 5.66. The second kappa shape index (κ2) is 10.9. The van der Waals surface area contributed by atoms with Crippen molar-refractivity contribution in [3.8, 4) is 0 Å². The molecular weight excluding hydrogens is 464 g/mol. The minimum absolute atomic E-state index is 0.0771. The number of allylic oxidation sites excluding steroid dienone is 1. The summed E-state index contributed by atoms with van der Waals surface area (Å²) in [5, 5.41) is 9.80. The third-order valence-electron chi connectivity index (χ3n) is 6.97. The summed E-state index contributed by atoms with van der Waals surface area (Å²) in [6.07, 6.45) is 9.74. The van der Waals surface area contributed by atoms with E-state index in [-0.39, 0.29) is 29.5 Å². The Morgan fingerprint density at radius 3 is 2.83 bits per heavy atom. The molecule has 0 aromatic carbocycles. The highest BCUT2D eigenvalue weighted by Crippen LogP contribution is 2.33. The number of nitrogens with one attached hydrogen (secondary N) is 1. The van der Waals surface area contributed by atoms with Gasteiger partial charge in [-0.3, -0.25) is 14.1 Å². The maximum absolute atomic E-state index is 13.6. The highest BCUT2D eigenvalue weighted by atomic mass is 32.2. The van der Waals surface area contributed by atoms with Crippen molar-refractivity contribution < 1.29 is 18.6 Å². The summed E-state index contributed by atoms with van der Waals surface area (Å²) in [6.45, 7) is 11.2. The van der Waals surface area contributed by atoms with E-state index in [4.69, 9.17) is 10.5 Å². The summed E-state index contributed by atoms with van der Waals surface area (Å²) in [7, 11) is -1.09. The number of H-pyrrole nitrogens is 1. The molecule has 0 spiro atoms. The Labute approximate surface area is 210 Å². The van der Waals surface area contributed by atoms with Crippen molar-refractivity contribution in [2.45, 2.75) is 76.4 Å². The predicted octanol–water partition coefficient (Wildman–Crippen LogP) is 1.50. The van der Waals surface area contributed by atoms with Crippen LogP contribution in [0.25, 0.3) is 5.57 Å². The van der Waals surface area contributed by atoms with Crippen molar-refractivity contribution in [3.63, 3.8) is 0 Å². The highest BCUT2D eigenvalue weighted by Gasteiger charge is 2.36. The molecule has 4 N–H and O–H groups in total. The molecule has 0 amide bonds. The number of rotatable bonds is 6. The molecule has 3 heterocycles. The van der Waals surface area contributed by atoms with E-state index in [1.54, 1.807) is 0 Å². The lowest BCUT2D eigenvalue weighted by atomic mass is 9.99. The number of aromatic amines is 1. The number of fused-ring (bicyclic) bond motifs is 3. The van der Waals surface area contributed by atoms with Crippen LogP contribution < -0.4 is 10.3 Å². The molecule has 2 unspecified atom stereocenters. The maximum Gasteiger partial charge on any atom is 0.285 e.